The first-order chi connectivity index (χ1) is 21.5. The van der Waals surface area contributed by atoms with E-state index in [0.29, 0.717) is 36.7 Å². The van der Waals surface area contributed by atoms with Crippen LogP contribution in [0, 0.1) is 17.8 Å². The topological polar surface area (TPSA) is 65.0 Å². The highest BCUT2D eigenvalue weighted by Crippen LogP contribution is 2.47. The summed E-state index contributed by atoms with van der Waals surface area (Å²) in [6.07, 6.45) is 22.2. The highest BCUT2D eigenvalue weighted by molar-refractivity contribution is 5.76. The van der Waals surface area contributed by atoms with Crippen LogP contribution in [0.5, 0.6) is 0 Å². The lowest BCUT2D eigenvalue weighted by atomic mass is 9.81. The van der Waals surface area contributed by atoms with E-state index in [0.717, 1.165) is 31.6 Å². The van der Waals surface area contributed by atoms with Crippen LogP contribution in [0.4, 0.5) is 8.78 Å². The van der Waals surface area contributed by atoms with Gasteiger partial charge in [-0.15, -0.1) is 0 Å². The molecule has 1 saturated carbocycles. The number of aliphatic carboxylic acids is 1. The Morgan fingerprint density at radius 1 is 0.886 bits per heavy atom. The third kappa shape index (κ3) is 9.46. The molecule has 0 spiro atoms. The zero-order valence-electron chi connectivity index (χ0n) is 26.8. The Bertz CT molecular complexity index is 1070. The van der Waals surface area contributed by atoms with Gasteiger partial charge < -0.3 is 19.3 Å². The molecule has 0 amide bonds. The maximum atomic E-state index is 16.1. The predicted molar refractivity (Wildman–Crippen MR) is 169 cm³/mol. The molecule has 2 fully saturated rings. The molecular formula is C37H54F2O5. The average molecular weight is 617 g/mol. The number of unbranched alkanes of at least 4 members (excludes halogenated alkanes) is 9. The van der Waals surface area contributed by atoms with Crippen molar-refractivity contribution in [2.75, 3.05) is 19.8 Å². The van der Waals surface area contributed by atoms with Gasteiger partial charge in [-0.3, -0.25) is 4.79 Å². The summed E-state index contributed by atoms with van der Waals surface area (Å²) in [6, 6.07) is 7.07. The Morgan fingerprint density at radius 2 is 1.50 bits per heavy atom. The molecule has 1 saturated heterocycles. The molecule has 0 aromatic heterocycles. The van der Waals surface area contributed by atoms with Crippen molar-refractivity contribution in [2.24, 2.45) is 17.8 Å². The van der Waals surface area contributed by atoms with Crippen LogP contribution in [0.25, 0.3) is 0 Å². The summed E-state index contributed by atoms with van der Waals surface area (Å²) in [5, 5.41) is 9.48. The standard InChI is InChI=1S/C37H54F2O5/c1-2-3-4-5-6-7-11-20-29-26-42-36(43-27-29)30-21-14-15-22-32(30)37(24-23-31(35(40)41)33(38)34(37)39)44-25-16-9-8-10-17-28-18-12-13-19-28/h14-15,21-24,28-29,31,36H,2-13,16-20,25-27H2,1H3,(H,40,41)/t29-,31?,36-,37?. The van der Waals surface area contributed by atoms with Crippen molar-refractivity contribution in [3.05, 3.63) is 59.2 Å². The molecule has 1 aromatic rings. The van der Waals surface area contributed by atoms with Crippen molar-refractivity contribution in [3.8, 4) is 0 Å². The van der Waals surface area contributed by atoms with Crippen LogP contribution in [-0.2, 0) is 24.6 Å². The fourth-order valence-electron chi connectivity index (χ4n) is 7.03. The molecule has 2 unspecified atom stereocenters. The van der Waals surface area contributed by atoms with E-state index in [-0.39, 0.29) is 6.61 Å². The van der Waals surface area contributed by atoms with Gasteiger partial charge in [0.15, 0.2) is 23.5 Å². The molecule has 7 heteroatoms. The summed E-state index contributed by atoms with van der Waals surface area (Å²) in [7, 11) is 0. The maximum absolute atomic E-state index is 16.1. The van der Waals surface area contributed by atoms with Crippen LogP contribution in [0.2, 0.25) is 0 Å². The first-order valence-corrected chi connectivity index (χ1v) is 17.4. The van der Waals surface area contributed by atoms with Crippen molar-refractivity contribution in [2.45, 2.75) is 128 Å². The van der Waals surface area contributed by atoms with Crippen molar-refractivity contribution >= 4 is 5.97 Å². The third-order valence-electron chi connectivity index (χ3n) is 9.71. The molecular weight excluding hydrogens is 562 g/mol. The number of carboxylic acid groups (broad SMARTS) is 1. The van der Waals surface area contributed by atoms with Crippen LogP contribution in [0.15, 0.2) is 48.1 Å². The number of halogens is 2. The van der Waals surface area contributed by atoms with Crippen LogP contribution in [0.3, 0.4) is 0 Å². The molecule has 1 heterocycles. The van der Waals surface area contributed by atoms with Crippen molar-refractivity contribution in [1.29, 1.82) is 0 Å². The van der Waals surface area contributed by atoms with Crippen LogP contribution in [0.1, 0.15) is 133 Å². The predicted octanol–water partition coefficient (Wildman–Crippen LogP) is 10.3. The zero-order valence-corrected chi connectivity index (χ0v) is 26.8. The van der Waals surface area contributed by atoms with E-state index in [1.807, 2.05) is 6.07 Å². The first-order valence-electron chi connectivity index (χ1n) is 17.4. The molecule has 2 atom stereocenters. The number of benzene rings is 1. The van der Waals surface area contributed by atoms with Crippen molar-refractivity contribution in [3.63, 3.8) is 0 Å². The highest BCUT2D eigenvalue weighted by Gasteiger charge is 2.46. The highest BCUT2D eigenvalue weighted by atomic mass is 19.2. The summed E-state index contributed by atoms with van der Waals surface area (Å²) in [5.41, 5.74) is -0.929. The first kappa shape index (κ1) is 34.8. The van der Waals surface area contributed by atoms with Gasteiger partial charge in [-0.25, -0.2) is 8.78 Å². The second kappa shape index (κ2) is 18.2. The molecule has 0 radical (unpaired) electrons. The van der Waals surface area contributed by atoms with Gasteiger partial charge in [0.25, 0.3) is 0 Å². The minimum absolute atomic E-state index is 0.216. The summed E-state index contributed by atoms with van der Waals surface area (Å²) < 4.78 is 49.9. The Hall–Kier alpha value is -2.09. The minimum atomic E-state index is -1.88. The maximum Gasteiger partial charge on any atom is 0.317 e. The Balaban J connectivity index is 1.38. The lowest BCUT2D eigenvalue weighted by Gasteiger charge is -2.37. The van der Waals surface area contributed by atoms with E-state index in [9.17, 15) is 9.90 Å². The molecule has 44 heavy (non-hydrogen) atoms. The quantitative estimate of drug-likeness (QED) is 0.124. The smallest absolute Gasteiger partial charge is 0.317 e. The Kier molecular flexibility index (Phi) is 14.3. The lowest BCUT2D eigenvalue weighted by Crippen LogP contribution is -2.36. The van der Waals surface area contributed by atoms with E-state index in [1.54, 1.807) is 18.2 Å². The monoisotopic (exact) mass is 616 g/mol. The van der Waals surface area contributed by atoms with Gasteiger partial charge in [-0.2, -0.15) is 0 Å². The second-order valence-electron chi connectivity index (χ2n) is 13.1. The third-order valence-corrected chi connectivity index (χ3v) is 9.71. The van der Waals surface area contributed by atoms with Crippen LogP contribution in [-0.4, -0.2) is 30.9 Å². The van der Waals surface area contributed by atoms with Gasteiger partial charge in [0.2, 0.25) is 0 Å². The normalized spacial score (nSPS) is 26.0. The molecule has 1 aromatic carbocycles. The van der Waals surface area contributed by atoms with Gasteiger partial charge >= 0.3 is 5.97 Å². The van der Waals surface area contributed by atoms with Gasteiger partial charge in [-0.1, -0.05) is 134 Å². The van der Waals surface area contributed by atoms with E-state index in [4.69, 9.17) is 14.2 Å². The largest absolute Gasteiger partial charge is 0.480 e. The van der Waals surface area contributed by atoms with E-state index >= 15 is 8.78 Å². The average Bonchev–Trinajstić information content (AvgIpc) is 3.56. The van der Waals surface area contributed by atoms with Crippen LogP contribution < -0.4 is 0 Å². The fourth-order valence-corrected chi connectivity index (χ4v) is 7.03. The fraction of sp³-hybridized carbons (Fsp3) is 0.703. The molecule has 2 aliphatic carbocycles. The molecule has 5 nitrogen and oxygen atoms in total. The van der Waals surface area contributed by atoms with E-state index < -0.39 is 35.4 Å². The molecule has 1 aliphatic heterocycles. The number of rotatable bonds is 19. The van der Waals surface area contributed by atoms with Gasteiger partial charge in [-0.05, 0) is 24.8 Å². The molecule has 3 aliphatic rings. The second-order valence-corrected chi connectivity index (χ2v) is 13.1. The molecule has 1 N–H and O–H groups in total. The van der Waals surface area contributed by atoms with Crippen molar-refractivity contribution < 1.29 is 32.9 Å². The SMILES string of the molecule is CCCCCCCCC[C@H]1CO[C@H](c2ccccc2C2(OCCCCCCC3CCCC3)C=CC(C(=O)O)C(F)=C2F)OC1. The summed E-state index contributed by atoms with van der Waals surface area (Å²) in [5.74, 6) is -4.50. The van der Waals surface area contributed by atoms with Crippen molar-refractivity contribution in [1.82, 2.24) is 0 Å². The van der Waals surface area contributed by atoms with Gasteiger partial charge in [0.1, 0.15) is 5.92 Å². The summed E-state index contributed by atoms with van der Waals surface area (Å²) in [6.45, 7) is 3.52. The van der Waals surface area contributed by atoms with E-state index in [1.165, 1.54) is 89.2 Å². The number of hydrogen-bond donors (Lipinski definition) is 1. The number of carbonyl (C=O) groups is 1. The molecule has 4 rings (SSSR count). The zero-order chi connectivity index (χ0) is 31.2. The Morgan fingerprint density at radius 3 is 2.18 bits per heavy atom. The summed E-state index contributed by atoms with van der Waals surface area (Å²) in [4.78, 5) is 11.6. The van der Waals surface area contributed by atoms with Gasteiger partial charge in [0, 0.05) is 23.7 Å². The number of hydrogen-bond acceptors (Lipinski definition) is 4. The van der Waals surface area contributed by atoms with Crippen LogP contribution >= 0.6 is 0 Å². The summed E-state index contributed by atoms with van der Waals surface area (Å²) >= 11 is 0. The molecule has 0 bridgehead atoms. The van der Waals surface area contributed by atoms with E-state index in [2.05, 4.69) is 6.92 Å². The number of ether oxygens (including phenoxy) is 3. The lowest BCUT2D eigenvalue weighted by molar-refractivity contribution is -0.207. The minimum Gasteiger partial charge on any atom is -0.480 e. The molecule has 246 valence electrons. The number of carboxylic acids is 1. The van der Waals surface area contributed by atoms with Gasteiger partial charge in [0.05, 0.1) is 13.2 Å². The Labute approximate surface area is 263 Å².